The van der Waals surface area contributed by atoms with Gasteiger partial charge in [-0.1, -0.05) is 25.1 Å². The molecule has 0 spiro atoms. The number of rotatable bonds is 5. The van der Waals surface area contributed by atoms with Gasteiger partial charge in [0.05, 0.1) is 5.60 Å². The van der Waals surface area contributed by atoms with Crippen molar-refractivity contribution in [2.24, 2.45) is 5.92 Å². The third kappa shape index (κ3) is 3.17. The third-order valence-electron chi connectivity index (χ3n) is 4.59. The molecule has 118 valence electrons. The number of hydrogen-bond donors (Lipinski definition) is 2. The van der Waals surface area contributed by atoms with Crippen molar-refractivity contribution in [3.63, 3.8) is 0 Å². The largest absolute Gasteiger partial charge is 0.373 e. The highest BCUT2D eigenvalue weighted by Gasteiger charge is 2.30. The lowest BCUT2D eigenvalue weighted by atomic mass is 9.98. The molecule has 1 aromatic heterocycles. The minimum Gasteiger partial charge on any atom is -0.373 e. The number of nitrogens with one attached hydrogen (secondary N) is 2. The second kappa shape index (κ2) is 6.13. The number of aromatic nitrogens is 1. The van der Waals surface area contributed by atoms with Crippen LogP contribution in [0.5, 0.6) is 0 Å². The Morgan fingerprint density at radius 3 is 3.05 bits per heavy atom. The number of ether oxygens (including phenoxy) is 1. The first-order chi connectivity index (χ1) is 10.6. The van der Waals surface area contributed by atoms with Crippen molar-refractivity contribution >= 4 is 16.8 Å². The maximum Gasteiger partial charge on any atom is 0.223 e. The minimum absolute atomic E-state index is 0.0517. The van der Waals surface area contributed by atoms with Gasteiger partial charge in [0.15, 0.2) is 0 Å². The molecule has 1 saturated heterocycles. The molecule has 2 aromatic rings. The van der Waals surface area contributed by atoms with Crippen LogP contribution in [-0.4, -0.2) is 29.6 Å². The monoisotopic (exact) mass is 300 g/mol. The summed E-state index contributed by atoms with van der Waals surface area (Å²) in [5.41, 5.74) is 2.13. The number of fused-ring (bicyclic) bond motifs is 1. The molecule has 0 bridgehead atoms. The molecular formula is C18H24N2O2. The molecule has 1 aliphatic rings. The highest BCUT2D eigenvalue weighted by molar-refractivity contribution is 5.84. The van der Waals surface area contributed by atoms with E-state index in [2.05, 4.69) is 29.4 Å². The Morgan fingerprint density at radius 1 is 1.45 bits per heavy atom. The molecule has 4 nitrogen and oxygen atoms in total. The van der Waals surface area contributed by atoms with Crippen molar-refractivity contribution in [2.45, 2.75) is 38.7 Å². The second-order valence-corrected chi connectivity index (χ2v) is 6.58. The van der Waals surface area contributed by atoms with Gasteiger partial charge in [0.25, 0.3) is 0 Å². The predicted molar refractivity (Wildman–Crippen MR) is 87.8 cm³/mol. The lowest BCUT2D eigenvalue weighted by molar-refractivity contribution is -0.125. The summed E-state index contributed by atoms with van der Waals surface area (Å²) < 4.78 is 5.71. The van der Waals surface area contributed by atoms with Crippen molar-refractivity contribution in [2.75, 3.05) is 13.2 Å². The smallest absolute Gasteiger partial charge is 0.223 e. The molecule has 2 heterocycles. The van der Waals surface area contributed by atoms with Gasteiger partial charge in [0.2, 0.25) is 5.91 Å². The van der Waals surface area contributed by atoms with E-state index in [-0.39, 0.29) is 17.4 Å². The molecule has 0 radical (unpaired) electrons. The van der Waals surface area contributed by atoms with Crippen LogP contribution in [0.4, 0.5) is 0 Å². The number of para-hydroxylation sites is 1. The Hall–Kier alpha value is -1.81. The van der Waals surface area contributed by atoms with E-state index in [1.165, 1.54) is 10.9 Å². The van der Waals surface area contributed by atoms with Gasteiger partial charge >= 0.3 is 0 Å². The number of hydrogen-bond acceptors (Lipinski definition) is 2. The molecule has 2 N–H and O–H groups in total. The summed E-state index contributed by atoms with van der Waals surface area (Å²) in [6.45, 7) is 5.46. The summed E-state index contributed by atoms with van der Waals surface area (Å²) in [6.07, 6.45) is 4.85. The molecule has 1 fully saturated rings. The number of amides is 1. The lowest BCUT2D eigenvalue weighted by Gasteiger charge is -2.24. The Labute approximate surface area is 131 Å². The number of benzene rings is 1. The van der Waals surface area contributed by atoms with Crippen LogP contribution in [0.25, 0.3) is 10.9 Å². The van der Waals surface area contributed by atoms with Crippen LogP contribution in [0.3, 0.4) is 0 Å². The van der Waals surface area contributed by atoms with Gasteiger partial charge in [-0.05, 0) is 37.8 Å². The molecule has 4 heteroatoms. The van der Waals surface area contributed by atoms with E-state index in [1.54, 1.807) is 0 Å². The highest BCUT2D eigenvalue weighted by atomic mass is 16.5. The fourth-order valence-corrected chi connectivity index (χ4v) is 3.15. The van der Waals surface area contributed by atoms with E-state index in [4.69, 9.17) is 4.74 Å². The van der Waals surface area contributed by atoms with Gasteiger partial charge in [0.1, 0.15) is 0 Å². The average Bonchev–Trinajstić information content (AvgIpc) is 3.13. The zero-order valence-electron chi connectivity index (χ0n) is 13.3. The average molecular weight is 300 g/mol. The van der Waals surface area contributed by atoms with E-state index < -0.39 is 0 Å². The maximum absolute atomic E-state index is 12.3. The number of carbonyl (C=O) groups is 1. The van der Waals surface area contributed by atoms with Crippen LogP contribution >= 0.6 is 0 Å². The van der Waals surface area contributed by atoms with E-state index in [0.717, 1.165) is 31.4 Å². The summed E-state index contributed by atoms with van der Waals surface area (Å²) in [5.74, 6) is 0.0474. The van der Waals surface area contributed by atoms with E-state index >= 15 is 0 Å². The fourth-order valence-electron chi connectivity index (χ4n) is 3.15. The summed E-state index contributed by atoms with van der Waals surface area (Å²) in [5, 5.41) is 4.25. The normalized spacial score (nSPS) is 22.8. The summed E-state index contributed by atoms with van der Waals surface area (Å²) in [4.78, 5) is 15.6. The molecule has 2 unspecified atom stereocenters. The molecule has 0 aliphatic carbocycles. The van der Waals surface area contributed by atoms with Crippen molar-refractivity contribution in [1.82, 2.24) is 10.3 Å². The first kappa shape index (κ1) is 15.1. The fraction of sp³-hybridized carbons (Fsp3) is 0.500. The maximum atomic E-state index is 12.3. The zero-order valence-corrected chi connectivity index (χ0v) is 13.3. The molecule has 0 saturated carbocycles. The third-order valence-corrected chi connectivity index (χ3v) is 4.59. The lowest BCUT2D eigenvalue weighted by Crippen LogP contribution is -2.42. The predicted octanol–water partition coefficient (Wildman–Crippen LogP) is 3.03. The van der Waals surface area contributed by atoms with Crippen molar-refractivity contribution in [1.29, 1.82) is 0 Å². The zero-order chi connectivity index (χ0) is 15.6. The standard InChI is InChI=1S/C18H24N2O2/c1-13(17(21)20-12-18(2)8-5-9-22-18)10-14-11-19-16-7-4-3-6-15(14)16/h3-4,6-7,11,13,19H,5,8-10,12H2,1-2H3,(H,20,21). The molecular weight excluding hydrogens is 276 g/mol. The SMILES string of the molecule is CC(Cc1c[nH]c2ccccc12)C(=O)NCC1(C)CCCO1. The molecule has 1 aromatic carbocycles. The van der Waals surface area contributed by atoms with Crippen LogP contribution in [0.1, 0.15) is 32.3 Å². The Balaban J connectivity index is 1.59. The Kier molecular flexibility index (Phi) is 4.21. The van der Waals surface area contributed by atoms with E-state index in [9.17, 15) is 4.79 Å². The molecule has 2 atom stereocenters. The van der Waals surface area contributed by atoms with Gasteiger partial charge in [0, 0.05) is 36.2 Å². The highest BCUT2D eigenvalue weighted by Crippen LogP contribution is 2.24. The quantitative estimate of drug-likeness (QED) is 0.892. The number of aromatic amines is 1. The first-order valence-corrected chi connectivity index (χ1v) is 8.04. The Bertz CT molecular complexity index is 656. The molecule has 22 heavy (non-hydrogen) atoms. The van der Waals surface area contributed by atoms with Crippen molar-refractivity contribution in [3.05, 3.63) is 36.0 Å². The van der Waals surface area contributed by atoms with Crippen molar-refractivity contribution < 1.29 is 9.53 Å². The van der Waals surface area contributed by atoms with Crippen molar-refractivity contribution in [3.8, 4) is 0 Å². The van der Waals surface area contributed by atoms with Crippen LogP contribution in [0.2, 0.25) is 0 Å². The summed E-state index contributed by atoms with van der Waals surface area (Å²) in [7, 11) is 0. The van der Waals surface area contributed by atoms with Crippen LogP contribution in [0, 0.1) is 5.92 Å². The van der Waals surface area contributed by atoms with Gasteiger partial charge in [-0.2, -0.15) is 0 Å². The first-order valence-electron chi connectivity index (χ1n) is 8.04. The number of carbonyl (C=O) groups excluding carboxylic acids is 1. The van der Waals surface area contributed by atoms with Gasteiger partial charge in [-0.25, -0.2) is 0 Å². The number of H-pyrrole nitrogens is 1. The van der Waals surface area contributed by atoms with Crippen LogP contribution < -0.4 is 5.32 Å². The van der Waals surface area contributed by atoms with Crippen LogP contribution in [-0.2, 0) is 16.0 Å². The molecule has 3 rings (SSSR count). The molecule has 1 amide bonds. The topological polar surface area (TPSA) is 54.1 Å². The second-order valence-electron chi connectivity index (χ2n) is 6.58. The summed E-state index contributed by atoms with van der Waals surface area (Å²) >= 11 is 0. The van der Waals surface area contributed by atoms with Crippen LogP contribution in [0.15, 0.2) is 30.5 Å². The van der Waals surface area contributed by atoms with Gasteiger partial charge < -0.3 is 15.0 Å². The Morgan fingerprint density at radius 2 is 2.27 bits per heavy atom. The van der Waals surface area contributed by atoms with E-state index in [1.807, 2.05) is 25.3 Å². The van der Waals surface area contributed by atoms with Gasteiger partial charge in [-0.15, -0.1) is 0 Å². The van der Waals surface area contributed by atoms with E-state index in [0.29, 0.717) is 6.54 Å². The summed E-state index contributed by atoms with van der Waals surface area (Å²) in [6, 6.07) is 8.20. The van der Waals surface area contributed by atoms with Gasteiger partial charge in [-0.3, -0.25) is 4.79 Å². The molecule has 1 aliphatic heterocycles. The minimum atomic E-state index is -0.184.